The maximum absolute atomic E-state index is 12.8. The van der Waals surface area contributed by atoms with Crippen LogP contribution in [0.2, 0.25) is 0 Å². The van der Waals surface area contributed by atoms with Crippen LogP contribution in [0.1, 0.15) is 19.8 Å². The molecule has 1 atom stereocenters. The van der Waals surface area contributed by atoms with Crippen LogP contribution < -0.4 is 4.74 Å². The SMILES string of the molecule is CCCC(CS)COc1ccc(F)cc1Br. The fourth-order valence-electron chi connectivity index (χ4n) is 1.44. The lowest BCUT2D eigenvalue weighted by Crippen LogP contribution is -2.13. The van der Waals surface area contributed by atoms with Crippen molar-refractivity contribution in [3.63, 3.8) is 0 Å². The van der Waals surface area contributed by atoms with Gasteiger partial charge in [0.1, 0.15) is 11.6 Å². The molecule has 1 aromatic rings. The van der Waals surface area contributed by atoms with E-state index >= 15 is 0 Å². The van der Waals surface area contributed by atoms with Gasteiger partial charge >= 0.3 is 0 Å². The van der Waals surface area contributed by atoms with Crippen LogP contribution in [0, 0.1) is 11.7 Å². The third kappa shape index (κ3) is 4.34. The van der Waals surface area contributed by atoms with Crippen LogP contribution in [0.25, 0.3) is 0 Å². The molecule has 0 heterocycles. The third-order valence-corrected chi connectivity index (χ3v) is 3.46. The minimum Gasteiger partial charge on any atom is -0.492 e. The zero-order chi connectivity index (χ0) is 12.0. The Labute approximate surface area is 110 Å². The number of ether oxygens (including phenoxy) is 1. The van der Waals surface area contributed by atoms with Crippen LogP contribution in [0.15, 0.2) is 22.7 Å². The summed E-state index contributed by atoms with van der Waals surface area (Å²) in [6.45, 7) is 2.77. The standard InChI is InChI=1S/C12H16BrFOS/c1-2-3-9(8-16)7-15-12-5-4-10(14)6-11(12)13/h4-6,9,16H,2-3,7-8H2,1H3. The monoisotopic (exact) mass is 306 g/mol. The first-order chi connectivity index (χ1) is 7.67. The number of hydrogen-bond acceptors (Lipinski definition) is 2. The smallest absolute Gasteiger partial charge is 0.133 e. The largest absolute Gasteiger partial charge is 0.492 e. The molecule has 1 rings (SSSR count). The van der Waals surface area contributed by atoms with Gasteiger partial charge in [-0.1, -0.05) is 13.3 Å². The number of rotatable bonds is 6. The molecule has 0 N–H and O–H groups in total. The molecular weight excluding hydrogens is 291 g/mol. The fourth-order valence-corrected chi connectivity index (χ4v) is 2.19. The van der Waals surface area contributed by atoms with Gasteiger partial charge in [-0.05, 0) is 46.3 Å². The Morgan fingerprint density at radius 1 is 1.50 bits per heavy atom. The Hall–Kier alpha value is -0.220. The molecule has 0 saturated heterocycles. The van der Waals surface area contributed by atoms with Gasteiger partial charge in [-0.3, -0.25) is 0 Å². The summed E-state index contributed by atoms with van der Waals surface area (Å²) in [4.78, 5) is 0. The van der Waals surface area contributed by atoms with Crippen molar-refractivity contribution >= 4 is 28.6 Å². The van der Waals surface area contributed by atoms with E-state index in [0.29, 0.717) is 22.7 Å². The summed E-state index contributed by atoms with van der Waals surface area (Å²) in [5.41, 5.74) is 0. The molecule has 1 unspecified atom stereocenters. The van der Waals surface area contributed by atoms with Crippen molar-refractivity contribution in [1.82, 2.24) is 0 Å². The molecule has 0 spiro atoms. The Balaban J connectivity index is 2.53. The molecule has 90 valence electrons. The van der Waals surface area contributed by atoms with E-state index in [1.165, 1.54) is 12.1 Å². The van der Waals surface area contributed by atoms with Gasteiger partial charge in [0.15, 0.2) is 0 Å². The lowest BCUT2D eigenvalue weighted by atomic mass is 10.1. The number of thiol groups is 1. The van der Waals surface area contributed by atoms with Crippen molar-refractivity contribution in [3.05, 3.63) is 28.5 Å². The molecule has 0 aromatic heterocycles. The van der Waals surface area contributed by atoms with Crippen LogP contribution in [0.5, 0.6) is 5.75 Å². The van der Waals surface area contributed by atoms with Gasteiger partial charge in [0.2, 0.25) is 0 Å². The van der Waals surface area contributed by atoms with Gasteiger partial charge in [0, 0.05) is 5.92 Å². The van der Waals surface area contributed by atoms with Gasteiger partial charge in [0.25, 0.3) is 0 Å². The molecule has 0 aliphatic rings. The van der Waals surface area contributed by atoms with Crippen molar-refractivity contribution in [2.75, 3.05) is 12.4 Å². The van der Waals surface area contributed by atoms with Crippen molar-refractivity contribution in [2.45, 2.75) is 19.8 Å². The molecule has 16 heavy (non-hydrogen) atoms. The average molecular weight is 307 g/mol. The minimum absolute atomic E-state index is 0.265. The lowest BCUT2D eigenvalue weighted by Gasteiger charge is -2.15. The highest BCUT2D eigenvalue weighted by Gasteiger charge is 2.08. The molecule has 1 nitrogen and oxygen atoms in total. The molecule has 0 aliphatic carbocycles. The second-order valence-electron chi connectivity index (χ2n) is 3.72. The average Bonchev–Trinajstić information content (AvgIpc) is 2.26. The van der Waals surface area contributed by atoms with E-state index in [1.54, 1.807) is 6.07 Å². The quantitative estimate of drug-likeness (QED) is 0.770. The van der Waals surface area contributed by atoms with Crippen LogP contribution in [0.4, 0.5) is 4.39 Å². The molecule has 4 heteroatoms. The number of benzene rings is 1. The van der Waals surface area contributed by atoms with E-state index in [0.717, 1.165) is 18.6 Å². The summed E-state index contributed by atoms with van der Waals surface area (Å²) in [5, 5.41) is 0. The zero-order valence-electron chi connectivity index (χ0n) is 9.25. The van der Waals surface area contributed by atoms with E-state index in [4.69, 9.17) is 4.74 Å². The molecule has 0 saturated carbocycles. The Morgan fingerprint density at radius 3 is 2.81 bits per heavy atom. The van der Waals surface area contributed by atoms with Crippen LogP contribution in [-0.4, -0.2) is 12.4 Å². The normalized spacial score (nSPS) is 12.5. The maximum atomic E-state index is 12.8. The summed E-state index contributed by atoms with van der Waals surface area (Å²) in [7, 11) is 0. The molecule has 1 aromatic carbocycles. The highest BCUT2D eigenvalue weighted by molar-refractivity contribution is 9.10. The maximum Gasteiger partial charge on any atom is 0.133 e. The topological polar surface area (TPSA) is 9.23 Å². The first kappa shape index (κ1) is 13.8. The second-order valence-corrected chi connectivity index (χ2v) is 4.94. The molecule has 0 amide bonds. The lowest BCUT2D eigenvalue weighted by molar-refractivity contribution is 0.253. The van der Waals surface area contributed by atoms with Gasteiger partial charge < -0.3 is 4.74 Å². The second kappa shape index (κ2) is 7.17. The van der Waals surface area contributed by atoms with Gasteiger partial charge in [0.05, 0.1) is 11.1 Å². The van der Waals surface area contributed by atoms with Crippen molar-refractivity contribution < 1.29 is 9.13 Å². The van der Waals surface area contributed by atoms with Crippen LogP contribution >= 0.6 is 28.6 Å². The molecule has 0 fully saturated rings. The van der Waals surface area contributed by atoms with Gasteiger partial charge in [-0.15, -0.1) is 0 Å². The highest BCUT2D eigenvalue weighted by Crippen LogP contribution is 2.26. The predicted molar refractivity (Wildman–Crippen MR) is 71.8 cm³/mol. The van der Waals surface area contributed by atoms with Crippen molar-refractivity contribution in [1.29, 1.82) is 0 Å². The molecule has 0 bridgehead atoms. The first-order valence-corrected chi connectivity index (χ1v) is 6.78. The van der Waals surface area contributed by atoms with E-state index in [2.05, 4.69) is 35.5 Å². The van der Waals surface area contributed by atoms with E-state index in [9.17, 15) is 4.39 Å². The summed E-state index contributed by atoms with van der Waals surface area (Å²) in [6, 6.07) is 4.45. The van der Waals surface area contributed by atoms with E-state index in [1.807, 2.05) is 0 Å². The van der Waals surface area contributed by atoms with Gasteiger partial charge in [-0.25, -0.2) is 4.39 Å². The molecular formula is C12H16BrFOS. The zero-order valence-corrected chi connectivity index (χ0v) is 11.7. The molecule has 0 aliphatic heterocycles. The summed E-state index contributed by atoms with van der Waals surface area (Å²) in [5.74, 6) is 1.68. The number of halogens is 2. The third-order valence-electron chi connectivity index (χ3n) is 2.32. The Morgan fingerprint density at radius 2 is 2.25 bits per heavy atom. The Bertz CT molecular complexity index is 333. The van der Waals surface area contributed by atoms with E-state index in [-0.39, 0.29) is 5.82 Å². The van der Waals surface area contributed by atoms with Crippen molar-refractivity contribution in [2.24, 2.45) is 5.92 Å². The summed E-state index contributed by atoms with van der Waals surface area (Å²) < 4.78 is 19.1. The predicted octanol–water partition coefficient (Wildman–Crippen LogP) is 4.31. The number of hydrogen-bond donors (Lipinski definition) is 1. The summed E-state index contributed by atoms with van der Waals surface area (Å²) in [6.07, 6.45) is 2.22. The van der Waals surface area contributed by atoms with E-state index < -0.39 is 0 Å². The van der Waals surface area contributed by atoms with Crippen LogP contribution in [0.3, 0.4) is 0 Å². The van der Waals surface area contributed by atoms with Gasteiger partial charge in [-0.2, -0.15) is 12.6 Å². The van der Waals surface area contributed by atoms with Crippen LogP contribution in [-0.2, 0) is 0 Å². The Kier molecular flexibility index (Phi) is 6.21. The minimum atomic E-state index is -0.265. The summed E-state index contributed by atoms with van der Waals surface area (Å²) >= 11 is 7.56. The van der Waals surface area contributed by atoms with Crippen molar-refractivity contribution in [3.8, 4) is 5.75 Å². The first-order valence-electron chi connectivity index (χ1n) is 5.36. The fraction of sp³-hybridized carbons (Fsp3) is 0.500. The molecule has 0 radical (unpaired) electrons. The highest BCUT2D eigenvalue weighted by atomic mass is 79.9.